The third kappa shape index (κ3) is 2.98. The molecule has 3 rings (SSSR count). The summed E-state index contributed by atoms with van der Waals surface area (Å²) in [5, 5.41) is 5.45. The van der Waals surface area contributed by atoms with Crippen LogP contribution in [0, 0.1) is 0 Å². The van der Waals surface area contributed by atoms with Gasteiger partial charge in [0.25, 0.3) is 0 Å². The van der Waals surface area contributed by atoms with Gasteiger partial charge in [0.2, 0.25) is 0 Å². The van der Waals surface area contributed by atoms with Gasteiger partial charge in [0, 0.05) is 4.88 Å². The molecule has 0 amide bonds. The average Bonchev–Trinajstić information content (AvgIpc) is 2.85. The highest BCUT2D eigenvalue weighted by atomic mass is 35.5. The zero-order valence-electron chi connectivity index (χ0n) is 11.7. The van der Waals surface area contributed by atoms with Crippen molar-refractivity contribution in [2.75, 3.05) is 13.6 Å². The predicted octanol–water partition coefficient (Wildman–Crippen LogP) is 4.31. The van der Waals surface area contributed by atoms with E-state index >= 15 is 0 Å². The molecule has 1 aromatic carbocycles. The summed E-state index contributed by atoms with van der Waals surface area (Å²) in [4.78, 5) is 1.53. The quantitative estimate of drug-likeness (QED) is 0.833. The Labute approximate surface area is 131 Å². The van der Waals surface area contributed by atoms with Crippen molar-refractivity contribution in [1.29, 1.82) is 0 Å². The molecule has 2 aromatic rings. The maximum atomic E-state index is 3.22. The van der Waals surface area contributed by atoms with Crippen LogP contribution in [0.2, 0.25) is 0 Å². The Kier molecular flexibility index (Phi) is 5.41. The lowest BCUT2D eigenvalue weighted by Crippen LogP contribution is -2.06. The van der Waals surface area contributed by atoms with Crippen LogP contribution >= 0.6 is 23.7 Å². The lowest BCUT2D eigenvalue weighted by atomic mass is 9.95. The summed E-state index contributed by atoms with van der Waals surface area (Å²) in [6.45, 7) is 1.03. The van der Waals surface area contributed by atoms with Gasteiger partial charge in [-0.25, -0.2) is 0 Å². The van der Waals surface area contributed by atoms with Gasteiger partial charge >= 0.3 is 0 Å². The first-order valence-corrected chi connectivity index (χ1v) is 7.78. The molecule has 1 N–H and O–H groups in total. The minimum absolute atomic E-state index is 0. The largest absolute Gasteiger partial charge is 0.319 e. The number of aryl methyl sites for hydroxylation is 2. The van der Waals surface area contributed by atoms with Crippen molar-refractivity contribution in [2.24, 2.45) is 0 Å². The molecule has 0 atom stereocenters. The van der Waals surface area contributed by atoms with E-state index in [2.05, 4.69) is 47.1 Å². The Bertz CT molecular complexity index is 601. The molecule has 0 unspecified atom stereocenters. The molecule has 0 bridgehead atoms. The Morgan fingerprint density at radius 1 is 1.15 bits per heavy atom. The van der Waals surface area contributed by atoms with E-state index in [4.69, 9.17) is 0 Å². The van der Waals surface area contributed by atoms with Crippen LogP contribution in [0.4, 0.5) is 0 Å². The van der Waals surface area contributed by atoms with Crippen LogP contribution in [0.15, 0.2) is 41.8 Å². The highest BCUT2D eigenvalue weighted by Gasteiger charge is 2.18. The lowest BCUT2D eigenvalue weighted by Gasteiger charge is -2.09. The van der Waals surface area contributed by atoms with Crippen molar-refractivity contribution < 1.29 is 0 Å². The van der Waals surface area contributed by atoms with E-state index in [1.54, 1.807) is 0 Å². The molecular formula is C17H20ClNS. The summed E-state index contributed by atoms with van der Waals surface area (Å²) in [5.74, 6) is 0. The number of hydrogen-bond acceptors (Lipinski definition) is 2. The first-order chi connectivity index (χ1) is 9.40. The molecule has 0 saturated heterocycles. The first-order valence-electron chi connectivity index (χ1n) is 6.90. The second kappa shape index (κ2) is 7.07. The van der Waals surface area contributed by atoms with Crippen LogP contribution < -0.4 is 5.32 Å². The average molecular weight is 306 g/mol. The maximum absolute atomic E-state index is 3.22. The number of halogens is 1. The minimum atomic E-state index is 0. The van der Waals surface area contributed by atoms with Gasteiger partial charge in [0.1, 0.15) is 0 Å². The lowest BCUT2D eigenvalue weighted by molar-refractivity contribution is 0.808. The number of fused-ring (bicyclic) bond motifs is 2. The van der Waals surface area contributed by atoms with E-state index in [0.29, 0.717) is 0 Å². The molecule has 0 saturated carbocycles. The van der Waals surface area contributed by atoms with Crippen molar-refractivity contribution in [3.63, 3.8) is 0 Å². The summed E-state index contributed by atoms with van der Waals surface area (Å²) >= 11 is 1.90. The van der Waals surface area contributed by atoms with Crippen molar-refractivity contribution in [2.45, 2.75) is 19.3 Å². The van der Waals surface area contributed by atoms with Crippen LogP contribution in [0.1, 0.15) is 28.0 Å². The second-order valence-electron chi connectivity index (χ2n) is 4.92. The standard InChI is InChI=1S/C17H19NS.ClH/c1-18-11-4-7-15-14-6-3-2-5-13(14)8-9-17-16(15)10-12-19-17;/h2-3,5-7,10,12,18H,4,8-9,11H2,1H3;1H/b15-7+;. The van der Waals surface area contributed by atoms with Gasteiger partial charge < -0.3 is 5.32 Å². The van der Waals surface area contributed by atoms with Gasteiger partial charge in [-0.3, -0.25) is 0 Å². The molecular weight excluding hydrogens is 286 g/mol. The van der Waals surface area contributed by atoms with Gasteiger partial charge in [-0.05, 0) is 66.6 Å². The number of hydrogen-bond donors (Lipinski definition) is 1. The first kappa shape index (κ1) is 15.3. The van der Waals surface area contributed by atoms with Gasteiger partial charge in [-0.1, -0.05) is 30.3 Å². The van der Waals surface area contributed by atoms with Crippen molar-refractivity contribution in [3.05, 3.63) is 63.4 Å². The SMILES string of the molecule is CNCC/C=C1\c2ccccc2CCc2sccc21.Cl. The fourth-order valence-electron chi connectivity index (χ4n) is 2.75. The van der Waals surface area contributed by atoms with E-state index in [1.807, 2.05) is 18.4 Å². The Morgan fingerprint density at radius 3 is 2.85 bits per heavy atom. The number of benzene rings is 1. The molecule has 1 heterocycles. The molecule has 3 heteroatoms. The zero-order chi connectivity index (χ0) is 13.1. The number of nitrogens with one attached hydrogen (secondary N) is 1. The molecule has 20 heavy (non-hydrogen) atoms. The van der Waals surface area contributed by atoms with Crippen LogP contribution in [0.5, 0.6) is 0 Å². The van der Waals surface area contributed by atoms with Gasteiger partial charge in [-0.2, -0.15) is 0 Å². The van der Waals surface area contributed by atoms with Crippen LogP contribution in [0.3, 0.4) is 0 Å². The molecule has 1 aliphatic rings. The smallest absolute Gasteiger partial charge is 0.0127 e. The summed E-state index contributed by atoms with van der Waals surface area (Å²) < 4.78 is 0. The summed E-state index contributed by atoms with van der Waals surface area (Å²) in [5.41, 5.74) is 5.79. The Morgan fingerprint density at radius 2 is 2.00 bits per heavy atom. The number of thiophene rings is 1. The monoisotopic (exact) mass is 305 g/mol. The van der Waals surface area contributed by atoms with Crippen molar-refractivity contribution in [1.82, 2.24) is 5.32 Å². The molecule has 0 spiro atoms. The van der Waals surface area contributed by atoms with E-state index in [0.717, 1.165) is 19.4 Å². The minimum Gasteiger partial charge on any atom is -0.319 e. The third-order valence-electron chi connectivity index (χ3n) is 3.71. The predicted molar refractivity (Wildman–Crippen MR) is 91.0 cm³/mol. The third-order valence-corrected chi connectivity index (χ3v) is 4.69. The molecule has 106 valence electrons. The Hall–Kier alpha value is -1.09. The van der Waals surface area contributed by atoms with E-state index in [1.165, 1.54) is 33.6 Å². The van der Waals surface area contributed by atoms with Gasteiger partial charge in [0.05, 0.1) is 0 Å². The zero-order valence-corrected chi connectivity index (χ0v) is 13.3. The molecule has 1 nitrogen and oxygen atoms in total. The van der Waals surface area contributed by atoms with E-state index in [9.17, 15) is 0 Å². The molecule has 1 aromatic heterocycles. The van der Waals surface area contributed by atoms with Crippen molar-refractivity contribution >= 4 is 29.3 Å². The van der Waals surface area contributed by atoms with Crippen LogP contribution in [0.25, 0.3) is 5.57 Å². The highest BCUT2D eigenvalue weighted by molar-refractivity contribution is 7.10. The van der Waals surface area contributed by atoms with E-state index < -0.39 is 0 Å². The topological polar surface area (TPSA) is 12.0 Å². The Balaban J connectivity index is 0.00000147. The highest BCUT2D eigenvalue weighted by Crippen LogP contribution is 2.36. The maximum Gasteiger partial charge on any atom is 0.0127 e. The van der Waals surface area contributed by atoms with Gasteiger partial charge in [0.15, 0.2) is 0 Å². The van der Waals surface area contributed by atoms with Gasteiger partial charge in [-0.15, -0.1) is 23.7 Å². The molecule has 0 aliphatic heterocycles. The van der Waals surface area contributed by atoms with E-state index in [-0.39, 0.29) is 12.4 Å². The normalized spacial score (nSPS) is 15.2. The summed E-state index contributed by atoms with van der Waals surface area (Å²) in [6, 6.07) is 11.1. The number of rotatable bonds is 3. The molecule has 1 aliphatic carbocycles. The van der Waals surface area contributed by atoms with Crippen LogP contribution in [-0.4, -0.2) is 13.6 Å². The molecule has 0 radical (unpaired) electrons. The summed E-state index contributed by atoms with van der Waals surface area (Å²) in [6.07, 6.45) is 5.81. The summed E-state index contributed by atoms with van der Waals surface area (Å²) in [7, 11) is 2.01. The second-order valence-corrected chi connectivity index (χ2v) is 5.93. The van der Waals surface area contributed by atoms with Crippen molar-refractivity contribution in [3.8, 4) is 0 Å². The fourth-order valence-corrected chi connectivity index (χ4v) is 3.64. The molecule has 0 fully saturated rings. The fraction of sp³-hybridized carbons (Fsp3) is 0.294. The van der Waals surface area contributed by atoms with Crippen LogP contribution in [-0.2, 0) is 12.8 Å².